The van der Waals surface area contributed by atoms with E-state index in [2.05, 4.69) is 16.3 Å². The van der Waals surface area contributed by atoms with E-state index in [-0.39, 0.29) is 5.91 Å². The summed E-state index contributed by atoms with van der Waals surface area (Å²) in [4.78, 5) is 14.5. The van der Waals surface area contributed by atoms with Gasteiger partial charge < -0.3 is 10.2 Å². The number of carbonyl (C=O) groups is 1. The van der Waals surface area contributed by atoms with Gasteiger partial charge in [-0.25, -0.2) is 0 Å². The molecule has 1 N–H and O–H groups in total. The summed E-state index contributed by atoms with van der Waals surface area (Å²) in [7, 11) is 0. The van der Waals surface area contributed by atoms with E-state index in [0.29, 0.717) is 0 Å². The monoisotopic (exact) mass is 272 g/mol. The predicted molar refractivity (Wildman–Crippen MR) is 85.2 cm³/mol. The summed E-state index contributed by atoms with van der Waals surface area (Å²) in [5.74, 6) is -0.00342. The quantitative estimate of drug-likeness (QED) is 0.841. The van der Waals surface area contributed by atoms with Crippen molar-refractivity contribution in [3.63, 3.8) is 0 Å². The van der Waals surface area contributed by atoms with Crippen LogP contribution in [0.1, 0.15) is 39.5 Å². The zero-order valence-corrected chi connectivity index (χ0v) is 12.5. The first-order chi connectivity index (χ1) is 9.72. The second-order valence-electron chi connectivity index (χ2n) is 5.31. The first kappa shape index (κ1) is 14.6. The standard InChI is InChI=1S/C17H24N2O/c1-3-9-14(2)17(20)18-15-10-5-6-11-16(15)19-12-7-4-8-13-19/h5-6,9-11H,3-4,7-8,12-13H2,1-2H3,(H,18,20)/b14-9-. The van der Waals surface area contributed by atoms with Crippen LogP contribution < -0.4 is 10.2 Å². The van der Waals surface area contributed by atoms with Crippen LogP contribution in [-0.2, 0) is 4.79 Å². The average molecular weight is 272 g/mol. The van der Waals surface area contributed by atoms with E-state index in [0.717, 1.165) is 36.5 Å². The lowest BCUT2D eigenvalue weighted by Gasteiger charge is -2.30. The van der Waals surface area contributed by atoms with Crippen LogP contribution in [0, 0.1) is 0 Å². The predicted octanol–water partition coefficient (Wildman–Crippen LogP) is 3.97. The molecule has 1 aromatic rings. The van der Waals surface area contributed by atoms with Crippen molar-refractivity contribution in [3.05, 3.63) is 35.9 Å². The Morgan fingerprint density at radius 2 is 1.95 bits per heavy atom. The van der Waals surface area contributed by atoms with E-state index < -0.39 is 0 Å². The first-order valence-corrected chi connectivity index (χ1v) is 7.54. The number of allylic oxidation sites excluding steroid dienone is 1. The second kappa shape index (κ2) is 7.13. The molecule has 0 saturated carbocycles. The number of amides is 1. The molecule has 1 aliphatic heterocycles. The molecule has 0 atom stereocenters. The zero-order valence-electron chi connectivity index (χ0n) is 12.5. The molecule has 20 heavy (non-hydrogen) atoms. The molecule has 1 amide bonds. The highest BCUT2D eigenvalue weighted by molar-refractivity contribution is 6.05. The van der Waals surface area contributed by atoms with E-state index in [9.17, 15) is 4.79 Å². The largest absolute Gasteiger partial charge is 0.370 e. The van der Waals surface area contributed by atoms with Gasteiger partial charge in [0.15, 0.2) is 0 Å². The topological polar surface area (TPSA) is 32.3 Å². The minimum absolute atomic E-state index is 0.00342. The first-order valence-electron chi connectivity index (χ1n) is 7.54. The Bertz CT molecular complexity index is 488. The molecular formula is C17H24N2O. The van der Waals surface area contributed by atoms with Crippen molar-refractivity contribution in [2.45, 2.75) is 39.5 Å². The molecule has 2 rings (SSSR count). The third-order valence-corrected chi connectivity index (χ3v) is 3.72. The SMILES string of the molecule is CC/C=C(/C)C(=O)Nc1ccccc1N1CCCCC1. The molecule has 0 bridgehead atoms. The molecule has 1 aromatic carbocycles. The lowest BCUT2D eigenvalue weighted by molar-refractivity contribution is -0.112. The van der Waals surface area contributed by atoms with Gasteiger partial charge >= 0.3 is 0 Å². The Kier molecular flexibility index (Phi) is 5.22. The van der Waals surface area contributed by atoms with E-state index in [4.69, 9.17) is 0 Å². The van der Waals surface area contributed by atoms with E-state index >= 15 is 0 Å². The van der Waals surface area contributed by atoms with Gasteiger partial charge in [0, 0.05) is 18.7 Å². The summed E-state index contributed by atoms with van der Waals surface area (Å²) in [6.45, 7) is 6.06. The van der Waals surface area contributed by atoms with Crippen LogP contribution in [0.15, 0.2) is 35.9 Å². The van der Waals surface area contributed by atoms with Gasteiger partial charge in [0.25, 0.3) is 5.91 Å². The number of nitrogens with zero attached hydrogens (tertiary/aromatic N) is 1. The van der Waals surface area contributed by atoms with Crippen molar-refractivity contribution in [1.82, 2.24) is 0 Å². The molecule has 3 nitrogen and oxygen atoms in total. The van der Waals surface area contributed by atoms with E-state index in [1.807, 2.05) is 38.1 Å². The maximum Gasteiger partial charge on any atom is 0.251 e. The molecular weight excluding hydrogens is 248 g/mol. The molecule has 0 radical (unpaired) electrons. The highest BCUT2D eigenvalue weighted by Crippen LogP contribution is 2.28. The molecule has 1 saturated heterocycles. The average Bonchev–Trinajstić information content (AvgIpc) is 2.49. The summed E-state index contributed by atoms with van der Waals surface area (Å²) in [6.07, 6.45) is 6.61. The van der Waals surface area contributed by atoms with Gasteiger partial charge in [-0.1, -0.05) is 25.1 Å². The fourth-order valence-corrected chi connectivity index (χ4v) is 2.61. The molecule has 0 unspecified atom stereocenters. The van der Waals surface area contributed by atoms with Crippen molar-refractivity contribution in [2.75, 3.05) is 23.3 Å². The Balaban J connectivity index is 2.15. The Hall–Kier alpha value is -1.77. The van der Waals surface area contributed by atoms with Crippen LogP contribution in [0.5, 0.6) is 0 Å². The van der Waals surface area contributed by atoms with Gasteiger partial charge in [0.05, 0.1) is 11.4 Å². The minimum Gasteiger partial charge on any atom is -0.370 e. The summed E-state index contributed by atoms with van der Waals surface area (Å²) >= 11 is 0. The summed E-state index contributed by atoms with van der Waals surface area (Å²) in [6, 6.07) is 8.09. The summed E-state index contributed by atoms with van der Waals surface area (Å²) < 4.78 is 0. The molecule has 0 aromatic heterocycles. The molecule has 1 aliphatic rings. The molecule has 0 spiro atoms. The Morgan fingerprint density at radius 1 is 1.25 bits per heavy atom. The summed E-state index contributed by atoms with van der Waals surface area (Å²) in [5, 5.41) is 3.04. The van der Waals surface area contributed by atoms with Crippen molar-refractivity contribution in [1.29, 1.82) is 0 Å². The fraction of sp³-hybridized carbons (Fsp3) is 0.471. The number of anilines is 2. The van der Waals surface area contributed by atoms with Gasteiger partial charge in [-0.2, -0.15) is 0 Å². The Morgan fingerprint density at radius 3 is 2.65 bits per heavy atom. The number of rotatable bonds is 4. The zero-order chi connectivity index (χ0) is 14.4. The van der Waals surface area contributed by atoms with Crippen molar-refractivity contribution in [3.8, 4) is 0 Å². The van der Waals surface area contributed by atoms with Gasteiger partial charge in [0.1, 0.15) is 0 Å². The lowest BCUT2D eigenvalue weighted by atomic mass is 10.1. The van der Waals surface area contributed by atoms with Gasteiger partial charge in [-0.15, -0.1) is 0 Å². The number of nitrogens with one attached hydrogen (secondary N) is 1. The van der Waals surface area contributed by atoms with Crippen LogP contribution >= 0.6 is 0 Å². The van der Waals surface area contributed by atoms with Crippen LogP contribution in [0.2, 0.25) is 0 Å². The van der Waals surface area contributed by atoms with Crippen LogP contribution in [0.25, 0.3) is 0 Å². The molecule has 1 fully saturated rings. The van der Waals surface area contributed by atoms with Gasteiger partial charge in [-0.3, -0.25) is 4.79 Å². The maximum absolute atomic E-state index is 12.1. The van der Waals surface area contributed by atoms with Gasteiger partial charge in [0.2, 0.25) is 0 Å². The number of para-hydroxylation sites is 2. The second-order valence-corrected chi connectivity index (χ2v) is 5.31. The number of benzene rings is 1. The van der Waals surface area contributed by atoms with E-state index in [1.165, 1.54) is 19.3 Å². The van der Waals surface area contributed by atoms with Crippen molar-refractivity contribution >= 4 is 17.3 Å². The molecule has 3 heteroatoms. The number of hydrogen-bond acceptors (Lipinski definition) is 2. The Labute approximate surface area is 121 Å². The van der Waals surface area contributed by atoms with Crippen molar-refractivity contribution in [2.24, 2.45) is 0 Å². The lowest BCUT2D eigenvalue weighted by Crippen LogP contribution is -2.30. The molecule has 1 heterocycles. The fourth-order valence-electron chi connectivity index (χ4n) is 2.61. The smallest absolute Gasteiger partial charge is 0.251 e. The molecule has 0 aliphatic carbocycles. The maximum atomic E-state index is 12.1. The van der Waals surface area contributed by atoms with Crippen LogP contribution in [-0.4, -0.2) is 19.0 Å². The van der Waals surface area contributed by atoms with Gasteiger partial charge in [-0.05, 0) is 44.7 Å². The number of hydrogen-bond donors (Lipinski definition) is 1. The van der Waals surface area contributed by atoms with Crippen LogP contribution in [0.4, 0.5) is 11.4 Å². The highest BCUT2D eigenvalue weighted by atomic mass is 16.1. The van der Waals surface area contributed by atoms with E-state index in [1.54, 1.807) is 0 Å². The van der Waals surface area contributed by atoms with Crippen LogP contribution in [0.3, 0.4) is 0 Å². The number of carbonyl (C=O) groups excluding carboxylic acids is 1. The summed E-state index contributed by atoms with van der Waals surface area (Å²) in [5.41, 5.74) is 2.84. The minimum atomic E-state index is -0.00342. The third-order valence-electron chi connectivity index (χ3n) is 3.72. The highest BCUT2D eigenvalue weighted by Gasteiger charge is 2.15. The number of piperidine rings is 1. The third kappa shape index (κ3) is 3.62. The normalized spacial score (nSPS) is 16.1. The molecule has 108 valence electrons. The van der Waals surface area contributed by atoms with Crippen molar-refractivity contribution < 1.29 is 4.79 Å².